The third kappa shape index (κ3) is 6.08. The molecular weight excluding hydrogens is 429 g/mol. The first-order valence-electron chi connectivity index (χ1n) is 12.9. The van der Waals surface area contributed by atoms with Gasteiger partial charge in [0.15, 0.2) is 0 Å². The van der Waals surface area contributed by atoms with Crippen LogP contribution in [0.15, 0.2) is 42.6 Å². The number of hydrogen-bond donors (Lipinski definition) is 0. The number of carbonyl (C=O) groups excluding carboxylic acids is 2. The molecule has 0 saturated heterocycles. The van der Waals surface area contributed by atoms with E-state index in [9.17, 15) is 14.0 Å². The van der Waals surface area contributed by atoms with Gasteiger partial charge in [-0.05, 0) is 68.9 Å². The van der Waals surface area contributed by atoms with Crippen LogP contribution in [0.4, 0.5) is 4.39 Å². The maximum Gasteiger partial charge on any atom is 0.242 e. The molecule has 6 heteroatoms. The van der Waals surface area contributed by atoms with E-state index in [4.69, 9.17) is 0 Å². The van der Waals surface area contributed by atoms with Gasteiger partial charge >= 0.3 is 0 Å². The van der Waals surface area contributed by atoms with E-state index in [0.717, 1.165) is 56.2 Å². The average molecular weight is 468 g/mol. The lowest BCUT2D eigenvalue weighted by Gasteiger charge is -2.37. The average Bonchev–Trinajstić information content (AvgIpc) is 3.62. The summed E-state index contributed by atoms with van der Waals surface area (Å²) in [6, 6.07) is 10.9. The van der Waals surface area contributed by atoms with Gasteiger partial charge in [-0.15, -0.1) is 0 Å². The van der Waals surface area contributed by atoms with Gasteiger partial charge in [0.25, 0.3) is 0 Å². The SMILES string of the molecule is CCC(C)N(CC(=O)N(Cc1cccn1Cc1ccc(F)cc1)C1CCCCC1)C(=O)C1CC1. The second kappa shape index (κ2) is 11.2. The van der Waals surface area contributed by atoms with Gasteiger partial charge in [-0.25, -0.2) is 4.39 Å². The molecule has 0 radical (unpaired) electrons. The van der Waals surface area contributed by atoms with Crippen molar-refractivity contribution in [1.29, 1.82) is 0 Å². The zero-order valence-electron chi connectivity index (χ0n) is 20.6. The topological polar surface area (TPSA) is 45.6 Å². The molecule has 1 atom stereocenters. The Morgan fingerprint density at radius 3 is 2.41 bits per heavy atom. The molecule has 0 spiro atoms. The van der Waals surface area contributed by atoms with Crippen LogP contribution in [0.1, 0.15) is 76.5 Å². The van der Waals surface area contributed by atoms with E-state index in [1.54, 1.807) is 12.1 Å². The summed E-state index contributed by atoms with van der Waals surface area (Å²) in [4.78, 5) is 30.6. The Morgan fingerprint density at radius 1 is 1.06 bits per heavy atom. The van der Waals surface area contributed by atoms with Gasteiger partial charge in [0, 0.05) is 36.4 Å². The second-order valence-corrected chi connectivity index (χ2v) is 10.1. The molecule has 2 amide bonds. The van der Waals surface area contributed by atoms with Crippen molar-refractivity contribution in [2.75, 3.05) is 6.54 Å². The van der Waals surface area contributed by atoms with Crippen LogP contribution >= 0.6 is 0 Å². The van der Waals surface area contributed by atoms with Crippen LogP contribution in [0.3, 0.4) is 0 Å². The second-order valence-electron chi connectivity index (χ2n) is 10.1. The Labute approximate surface area is 202 Å². The third-order valence-electron chi connectivity index (χ3n) is 7.50. The molecular formula is C28H38FN3O2. The summed E-state index contributed by atoms with van der Waals surface area (Å²) >= 11 is 0. The van der Waals surface area contributed by atoms with Gasteiger partial charge in [0.1, 0.15) is 12.4 Å². The standard InChI is InChI=1S/C28H38FN3O2/c1-3-21(2)31(28(34)23-13-14-23)20-27(33)32(25-8-5-4-6-9-25)19-26-10-7-17-30(26)18-22-11-15-24(29)16-12-22/h7,10-12,15-17,21,23,25H,3-6,8-9,13-14,18-20H2,1-2H3. The van der Waals surface area contributed by atoms with Crippen molar-refractivity contribution in [2.45, 2.75) is 90.4 Å². The number of carbonyl (C=O) groups is 2. The Kier molecular flexibility index (Phi) is 8.07. The van der Waals surface area contributed by atoms with Gasteiger partial charge in [-0.2, -0.15) is 0 Å². The highest BCUT2D eigenvalue weighted by Gasteiger charge is 2.37. The highest BCUT2D eigenvalue weighted by Crippen LogP contribution is 2.32. The molecule has 34 heavy (non-hydrogen) atoms. The summed E-state index contributed by atoms with van der Waals surface area (Å²) in [5.74, 6) is 0.0664. The number of nitrogens with zero attached hydrogens (tertiary/aromatic N) is 3. The molecule has 1 heterocycles. The van der Waals surface area contributed by atoms with E-state index in [-0.39, 0.29) is 42.2 Å². The molecule has 1 unspecified atom stereocenters. The maximum absolute atomic E-state index is 13.7. The zero-order chi connectivity index (χ0) is 24.1. The Bertz CT molecular complexity index is 960. The van der Waals surface area contributed by atoms with Crippen molar-refractivity contribution < 1.29 is 14.0 Å². The first-order valence-corrected chi connectivity index (χ1v) is 12.9. The van der Waals surface area contributed by atoms with Gasteiger partial charge in [0.2, 0.25) is 11.8 Å². The number of aromatic nitrogens is 1. The predicted molar refractivity (Wildman–Crippen MR) is 132 cm³/mol. The summed E-state index contributed by atoms with van der Waals surface area (Å²) < 4.78 is 15.5. The molecule has 4 rings (SSSR count). The number of hydrogen-bond acceptors (Lipinski definition) is 2. The number of amides is 2. The molecule has 2 aliphatic carbocycles. The van der Waals surface area contributed by atoms with Gasteiger partial charge < -0.3 is 14.4 Å². The first-order chi connectivity index (χ1) is 16.5. The molecule has 2 aromatic rings. The van der Waals surface area contributed by atoms with Crippen LogP contribution in [0.2, 0.25) is 0 Å². The zero-order valence-corrected chi connectivity index (χ0v) is 20.6. The molecule has 2 fully saturated rings. The number of halogens is 1. The summed E-state index contributed by atoms with van der Waals surface area (Å²) in [7, 11) is 0. The Balaban J connectivity index is 1.52. The van der Waals surface area contributed by atoms with E-state index >= 15 is 0 Å². The maximum atomic E-state index is 13.7. The largest absolute Gasteiger partial charge is 0.345 e. The summed E-state index contributed by atoms with van der Waals surface area (Å²) in [6.07, 6.45) is 10.3. The minimum Gasteiger partial charge on any atom is -0.345 e. The monoisotopic (exact) mass is 467 g/mol. The highest BCUT2D eigenvalue weighted by atomic mass is 19.1. The highest BCUT2D eigenvalue weighted by molar-refractivity contribution is 5.87. The van der Waals surface area contributed by atoms with Gasteiger partial charge in [-0.3, -0.25) is 9.59 Å². The van der Waals surface area contributed by atoms with Crippen LogP contribution in [0.5, 0.6) is 0 Å². The predicted octanol–water partition coefficient (Wildman–Crippen LogP) is 5.37. The van der Waals surface area contributed by atoms with E-state index < -0.39 is 0 Å². The minimum atomic E-state index is -0.239. The molecule has 5 nitrogen and oxygen atoms in total. The lowest BCUT2D eigenvalue weighted by Crippen LogP contribution is -2.50. The van der Waals surface area contributed by atoms with Gasteiger partial charge in [0.05, 0.1) is 6.54 Å². The fourth-order valence-electron chi connectivity index (χ4n) is 4.99. The van der Waals surface area contributed by atoms with Crippen LogP contribution in [-0.4, -0.2) is 44.8 Å². The van der Waals surface area contributed by atoms with Crippen molar-refractivity contribution >= 4 is 11.8 Å². The quantitative estimate of drug-likeness (QED) is 0.471. The fraction of sp³-hybridized carbons (Fsp3) is 0.571. The smallest absolute Gasteiger partial charge is 0.242 e. The molecule has 0 bridgehead atoms. The lowest BCUT2D eigenvalue weighted by molar-refractivity contribution is -0.145. The minimum absolute atomic E-state index is 0.0516. The van der Waals surface area contributed by atoms with E-state index in [0.29, 0.717) is 13.1 Å². The van der Waals surface area contributed by atoms with Crippen molar-refractivity contribution in [2.24, 2.45) is 5.92 Å². The lowest BCUT2D eigenvalue weighted by atomic mass is 9.94. The van der Waals surface area contributed by atoms with Crippen molar-refractivity contribution in [3.8, 4) is 0 Å². The summed E-state index contributed by atoms with van der Waals surface area (Å²) in [6.45, 7) is 5.45. The van der Waals surface area contributed by atoms with Crippen molar-refractivity contribution in [1.82, 2.24) is 14.4 Å². The van der Waals surface area contributed by atoms with Crippen LogP contribution in [0.25, 0.3) is 0 Å². The van der Waals surface area contributed by atoms with Gasteiger partial charge in [-0.1, -0.05) is 38.3 Å². The van der Waals surface area contributed by atoms with Crippen molar-refractivity contribution in [3.05, 3.63) is 59.7 Å². The number of rotatable bonds is 10. The third-order valence-corrected chi connectivity index (χ3v) is 7.50. The van der Waals surface area contributed by atoms with E-state index in [2.05, 4.69) is 17.6 Å². The molecule has 184 valence electrons. The molecule has 2 aliphatic rings. The first kappa shape index (κ1) is 24.5. The van der Waals surface area contributed by atoms with Crippen LogP contribution in [0, 0.1) is 11.7 Å². The van der Waals surface area contributed by atoms with E-state index in [1.165, 1.54) is 18.6 Å². The van der Waals surface area contributed by atoms with Crippen LogP contribution < -0.4 is 0 Å². The van der Waals surface area contributed by atoms with E-state index in [1.807, 2.05) is 29.0 Å². The number of benzene rings is 1. The molecule has 0 N–H and O–H groups in total. The van der Waals surface area contributed by atoms with Crippen LogP contribution in [-0.2, 0) is 22.7 Å². The summed E-state index contributed by atoms with van der Waals surface area (Å²) in [5.41, 5.74) is 2.08. The fourth-order valence-corrected chi connectivity index (χ4v) is 4.99. The summed E-state index contributed by atoms with van der Waals surface area (Å²) in [5, 5.41) is 0. The molecule has 1 aromatic heterocycles. The normalized spacial score (nSPS) is 17.4. The molecule has 0 aliphatic heterocycles. The Hall–Kier alpha value is -2.63. The Morgan fingerprint density at radius 2 is 1.76 bits per heavy atom. The molecule has 2 saturated carbocycles. The van der Waals surface area contributed by atoms with Crippen molar-refractivity contribution in [3.63, 3.8) is 0 Å². The molecule has 1 aromatic carbocycles.